The van der Waals surface area contributed by atoms with E-state index in [0.717, 1.165) is 0 Å². The van der Waals surface area contributed by atoms with E-state index in [4.69, 9.17) is 16.7 Å². The highest BCUT2D eigenvalue weighted by Crippen LogP contribution is 2.21. The van der Waals surface area contributed by atoms with Gasteiger partial charge in [-0.15, -0.1) is 0 Å². The van der Waals surface area contributed by atoms with Crippen molar-refractivity contribution >= 4 is 17.7 Å². The molecular weight excluding hydrogens is 206 g/mol. The second-order valence-corrected chi connectivity index (χ2v) is 3.13. The second kappa shape index (κ2) is 4.83. The number of aliphatic hydroxyl groups excluding tert-OH is 1. The Bertz CT molecular complexity index is 330. The van der Waals surface area contributed by atoms with Crippen molar-refractivity contribution in [3.63, 3.8) is 0 Å². The van der Waals surface area contributed by atoms with Gasteiger partial charge in [-0.05, 0) is 6.07 Å². The summed E-state index contributed by atoms with van der Waals surface area (Å²) in [6, 6.07) is 6.76. The first kappa shape index (κ1) is 10.8. The van der Waals surface area contributed by atoms with E-state index < -0.39 is 12.2 Å². The standard InChI is InChI=1S/C9H10ClNO3/c10-7-4-2-1-3-6(7)8(12)5-11-9(13)14/h1-4,8,11-12H,5H2,(H,13,14)/t8-/m1/s1. The van der Waals surface area contributed by atoms with Gasteiger partial charge in [-0.2, -0.15) is 0 Å². The van der Waals surface area contributed by atoms with Crippen molar-refractivity contribution in [3.8, 4) is 0 Å². The fourth-order valence-electron chi connectivity index (χ4n) is 1.04. The Balaban J connectivity index is 2.65. The zero-order valence-corrected chi connectivity index (χ0v) is 8.03. The summed E-state index contributed by atoms with van der Waals surface area (Å²) >= 11 is 5.80. The topological polar surface area (TPSA) is 69.6 Å². The lowest BCUT2D eigenvalue weighted by Gasteiger charge is -2.11. The third-order valence-corrected chi connectivity index (χ3v) is 2.06. The number of carboxylic acid groups (broad SMARTS) is 1. The first-order chi connectivity index (χ1) is 6.61. The van der Waals surface area contributed by atoms with E-state index in [-0.39, 0.29) is 6.54 Å². The predicted octanol–water partition coefficient (Wildman–Crippen LogP) is 1.64. The minimum atomic E-state index is -1.17. The SMILES string of the molecule is O=C(O)NC[C@@H](O)c1ccccc1Cl. The summed E-state index contributed by atoms with van der Waals surface area (Å²) in [6.45, 7) is -0.0704. The summed E-state index contributed by atoms with van der Waals surface area (Å²) in [6.07, 6.45) is -2.09. The van der Waals surface area contributed by atoms with E-state index in [0.29, 0.717) is 10.6 Å². The van der Waals surface area contributed by atoms with Crippen LogP contribution in [0.2, 0.25) is 5.02 Å². The largest absolute Gasteiger partial charge is 0.465 e. The van der Waals surface area contributed by atoms with Crippen LogP contribution in [-0.2, 0) is 0 Å². The Kier molecular flexibility index (Phi) is 3.73. The van der Waals surface area contributed by atoms with Crippen molar-refractivity contribution in [2.24, 2.45) is 0 Å². The molecule has 0 aliphatic rings. The van der Waals surface area contributed by atoms with Gasteiger partial charge in [-0.3, -0.25) is 0 Å². The fourth-order valence-corrected chi connectivity index (χ4v) is 1.30. The van der Waals surface area contributed by atoms with Gasteiger partial charge in [-0.1, -0.05) is 29.8 Å². The number of halogens is 1. The molecule has 0 saturated heterocycles. The Labute approximate surface area is 86.1 Å². The van der Waals surface area contributed by atoms with Crippen LogP contribution in [0.4, 0.5) is 4.79 Å². The Morgan fingerprint density at radius 1 is 1.50 bits per heavy atom. The van der Waals surface area contributed by atoms with Crippen molar-refractivity contribution in [1.29, 1.82) is 0 Å². The van der Waals surface area contributed by atoms with Crippen molar-refractivity contribution < 1.29 is 15.0 Å². The van der Waals surface area contributed by atoms with E-state index in [2.05, 4.69) is 5.32 Å². The highest BCUT2D eigenvalue weighted by atomic mass is 35.5. The van der Waals surface area contributed by atoms with E-state index in [1.165, 1.54) is 0 Å². The van der Waals surface area contributed by atoms with Crippen LogP contribution in [0.1, 0.15) is 11.7 Å². The molecule has 0 aromatic heterocycles. The third-order valence-electron chi connectivity index (χ3n) is 1.71. The number of hydrogen-bond acceptors (Lipinski definition) is 2. The van der Waals surface area contributed by atoms with Gasteiger partial charge in [-0.25, -0.2) is 4.79 Å². The van der Waals surface area contributed by atoms with Crippen LogP contribution < -0.4 is 5.32 Å². The summed E-state index contributed by atoms with van der Waals surface area (Å²) in [4.78, 5) is 10.2. The lowest BCUT2D eigenvalue weighted by Crippen LogP contribution is -2.26. The van der Waals surface area contributed by atoms with Gasteiger partial charge >= 0.3 is 6.09 Å². The van der Waals surface area contributed by atoms with E-state index >= 15 is 0 Å². The fraction of sp³-hybridized carbons (Fsp3) is 0.222. The molecule has 1 amide bonds. The van der Waals surface area contributed by atoms with Gasteiger partial charge in [0.25, 0.3) is 0 Å². The summed E-state index contributed by atoms with van der Waals surface area (Å²) < 4.78 is 0. The smallest absolute Gasteiger partial charge is 0.404 e. The quantitative estimate of drug-likeness (QED) is 0.718. The van der Waals surface area contributed by atoms with Crippen LogP contribution in [0.5, 0.6) is 0 Å². The van der Waals surface area contributed by atoms with Gasteiger partial charge in [0.05, 0.1) is 12.6 Å². The average molecular weight is 216 g/mol. The third kappa shape index (κ3) is 2.90. The van der Waals surface area contributed by atoms with Crippen LogP contribution in [0.25, 0.3) is 0 Å². The number of hydrogen-bond donors (Lipinski definition) is 3. The normalized spacial score (nSPS) is 12.1. The molecule has 0 aliphatic heterocycles. The minimum Gasteiger partial charge on any atom is -0.465 e. The molecule has 0 heterocycles. The van der Waals surface area contributed by atoms with Crippen molar-refractivity contribution in [3.05, 3.63) is 34.9 Å². The van der Waals surface area contributed by atoms with Crippen LogP contribution >= 0.6 is 11.6 Å². The molecule has 4 nitrogen and oxygen atoms in total. The van der Waals surface area contributed by atoms with Gasteiger partial charge in [0, 0.05) is 10.6 Å². The summed E-state index contributed by atoms with van der Waals surface area (Å²) in [5, 5.41) is 20.4. The molecule has 3 N–H and O–H groups in total. The van der Waals surface area contributed by atoms with E-state index in [1.807, 2.05) is 0 Å². The number of aliphatic hydroxyl groups is 1. The number of carbonyl (C=O) groups is 1. The van der Waals surface area contributed by atoms with Gasteiger partial charge in [0.1, 0.15) is 0 Å². The Hall–Kier alpha value is -1.26. The molecule has 0 saturated carbocycles. The lowest BCUT2D eigenvalue weighted by atomic mass is 10.1. The van der Waals surface area contributed by atoms with Crippen molar-refractivity contribution in [1.82, 2.24) is 5.32 Å². The first-order valence-electron chi connectivity index (χ1n) is 4.00. The zero-order valence-electron chi connectivity index (χ0n) is 7.27. The molecule has 0 aliphatic carbocycles. The number of benzene rings is 1. The molecule has 1 rings (SSSR count). The van der Waals surface area contributed by atoms with Crippen LogP contribution in [0, 0.1) is 0 Å². The molecule has 5 heteroatoms. The Morgan fingerprint density at radius 2 is 2.14 bits per heavy atom. The van der Waals surface area contributed by atoms with Crippen LogP contribution in [0.15, 0.2) is 24.3 Å². The number of rotatable bonds is 3. The molecule has 1 aromatic carbocycles. The molecule has 76 valence electrons. The molecule has 1 atom stereocenters. The zero-order chi connectivity index (χ0) is 10.6. The van der Waals surface area contributed by atoms with Crippen molar-refractivity contribution in [2.75, 3.05) is 6.54 Å². The molecular formula is C9H10ClNO3. The maximum atomic E-state index is 10.2. The van der Waals surface area contributed by atoms with Gasteiger partial charge < -0.3 is 15.5 Å². The highest BCUT2D eigenvalue weighted by molar-refractivity contribution is 6.31. The monoisotopic (exact) mass is 215 g/mol. The maximum absolute atomic E-state index is 10.2. The molecule has 0 fully saturated rings. The summed E-state index contributed by atoms with van der Waals surface area (Å²) in [7, 11) is 0. The van der Waals surface area contributed by atoms with Gasteiger partial charge in [0.15, 0.2) is 0 Å². The summed E-state index contributed by atoms with van der Waals surface area (Å²) in [5.41, 5.74) is 0.517. The molecule has 0 spiro atoms. The lowest BCUT2D eigenvalue weighted by molar-refractivity contribution is 0.159. The summed E-state index contributed by atoms with van der Waals surface area (Å²) in [5.74, 6) is 0. The molecule has 14 heavy (non-hydrogen) atoms. The number of nitrogens with one attached hydrogen (secondary N) is 1. The average Bonchev–Trinajstić information content (AvgIpc) is 2.15. The predicted molar refractivity (Wildman–Crippen MR) is 52.4 cm³/mol. The molecule has 0 radical (unpaired) electrons. The Morgan fingerprint density at radius 3 is 2.71 bits per heavy atom. The maximum Gasteiger partial charge on any atom is 0.404 e. The second-order valence-electron chi connectivity index (χ2n) is 2.72. The number of amides is 1. The van der Waals surface area contributed by atoms with Crippen LogP contribution in [0.3, 0.4) is 0 Å². The molecule has 0 bridgehead atoms. The minimum absolute atomic E-state index is 0.0704. The van der Waals surface area contributed by atoms with E-state index in [9.17, 15) is 9.90 Å². The van der Waals surface area contributed by atoms with Crippen molar-refractivity contribution in [2.45, 2.75) is 6.10 Å². The van der Waals surface area contributed by atoms with Crippen LogP contribution in [-0.4, -0.2) is 22.9 Å². The first-order valence-corrected chi connectivity index (χ1v) is 4.38. The highest BCUT2D eigenvalue weighted by Gasteiger charge is 2.11. The van der Waals surface area contributed by atoms with Gasteiger partial charge in [0.2, 0.25) is 0 Å². The molecule has 0 unspecified atom stereocenters. The van der Waals surface area contributed by atoms with E-state index in [1.54, 1.807) is 24.3 Å². The molecule has 1 aromatic rings.